The molecule has 1 aliphatic carbocycles. The number of nitrogens with one attached hydrogen (secondary N) is 1. The Balaban J connectivity index is 2.63. The second kappa shape index (κ2) is 7.61. The first-order chi connectivity index (χ1) is 8.92. The molecule has 0 spiro atoms. The van der Waals surface area contributed by atoms with Crippen molar-refractivity contribution >= 4 is 0 Å². The average molecular weight is 270 g/mol. The Bertz CT molecular complexity index is 257. The third-order valence-electron chi connectivity index (χ3n) is 4.82. The second-order valence-corrected chi connectivity index (χ2v) is 7.17. The van der Waals surface area contributed by atoms with Crippen molar-refractivity contribution in [3.8, 4) is 0 Å². The van der Waals surface area contributed by atoms with Crippen LogP contribution in [-0.4, -0.2) is 29.8 Å². The smallest absolute Gasteiger partial charge is 0.0471 e. The van der Waals surface area contributed by atoms with Crippen molar-refractivity contribution in [2.24, 2.45) is 23.5 Å². The largest absolute Gasteiger partial charge is 0.396 e. The number of aliphatic hydroxyl groups excluding tert-OH is 1. The van der Waals surface area contributed by atoms with E-state index in [1.165, 1.54) is 32.1 Å². The highest BCUT2D eigenvalue weighted by Crippen LogP contribution is 2.36. The van der Waals surface area contributed by atoms with Gasteiger partial charge in [-0.2, -0.15) is 0 Å². The minimum Gasteiger partial charge on any atom is -0.396 e. The van der Waals surface area contributed by atoms with E-state index in [9.17, 15) is 5.11 Å². The lowest BCUT2D eigenvalue weighted by molar-refractivity contribution is 0.127. The molecule has 4 atom stereocenters. The van der Waals surface area contributed by atoms with Crippen molar-refractivity contribution in [1.29, 1.82) is 0 Å². The van der Waals surface area contributed by atoms with Gasteiger partial charge < -0.3 is 16.2 Å². The molecule has 19 heavy (non-hydrogen) atoms. The summed E-state index contributed by atoms with van der Waals surface area (Å²) >= 11 is 0. The summed E-state index contributed by atoms with van der Waals surface area (Å²) in [4.78, 5) is 0. The van der Waals surface area contributed by atoms with Gasteiger partial charge in [0.05, 0.1) is 0 Å². The minimum atomic E-state index is 0.0979. The van der Waals surface area contributed by atoms with Crippen LogP contribution in [0.1, 0.15) is 59.8 Å². The van der Waals surface area contributed by atoms with Crippen LogP contribution in [0.5, 0.6) is 0 Å². The van der Waals surface area contributed by atoms with Gasteiger partial charge in [-0.15, -0.1) is 0 Å². The van der Waals surface area contributed by atoms with Crippen LogP contribution >= 0.6 is 0 Å². The van der Waals surface area contributed by atoms with E-state index in [1.54, 1.807) is 0 Å². The van der Waals surface area contributed by atoms with Gasteiger partial charge in [0.15, 0.2) is 0 Å². The highest BCUT2D eigenvalue weighted by atomic mass is 16.3. The third kappa shape index (κ3) is 5.05. The summed E-state index contributed by atoms with van der Waals surface area (Å²) in [6.07, 6.45) is 6.32. The molecule has 0 bridgehead atoms. The van der Waals surface area contributed by atoms with E-state index in [1.807, 2.05) is 0 Å². The molecular formula is C16H34N2O. The summed E-state index contributed by atoms with van der Waals surface area (Å²) < 4.78 is 0. The Labute approximate surface area is 119 Å². The standard InChI is InChI=1S/C16H34N2O/c1-12(2)8-15-6-5-7-16(9-15,11-17)18-14(4)13(3)10-19/h12-15,18-19H,5-11,17H2,1-4H3. The molecule has 1 fully saturated rings. The van der Waals surface area contributed by atoms with E-state index >= 15 is 0 Å². The van der Waals surface area contributed by atoms with Gasteiger partial charge >= 0.3 is 0 Å². The second-order valence-electron chi connectivity index (χ2n) is 7.17. The molecule has 1 rings (SSSR count). The molecule has 114 valence electrons. The highest BCUT2D eigenvalue weighted by Gasteiger charge is 2.36. The predicted octanol–water partition coefficient (Wildman–Crippen LogP) is 2.53. The number of aliphatic hydroxyl groups is 1. The zero-order chi connectivity index (χ0) is 14.5. The van der Waals surface area contributed by atoms with Crippen molar-refractivity contribution < 1.29 is 5.11 Å². The molecule has 0 aromatic heterocycles. The number of nitrogens with two attached hydrogens (primary N) is 1. The van der Waals surface area contributed by atoms with Crippen LogP contribution in [0, 0.1) is 17.8 Å². The first kappa shape index (κ1) is 16.9. The quantitative estimate of drug-likeness (QED) is 0.666. The Morgan fingerprint density at radius 1 is 1.32 bits per heavy atom. The fourth-order valence-corrected chi connectivity index (χ4v) is 3.51. The highest BCUT2D eigenvalue weighted by molar-refractivity contribution is 4.96. The van der Waals surface area contributed by atoms with E-state index in [4.69, 9.17) is 5.73 Å². The van der Waals surface area contributed by atoms with E-state index in [2.05, 4.69) is 33.0 Å². The Morgan fingerprint density at radius 2 is 2.00 bits per heavy atom. The average Bonchev–Trinajstić information content (AvgIpc) is 2.37. The van der Waals surface area contributed by atoms with E-state index in [0.29, 0.717) is 12.6 Å². The Hall–Kier alpha value is -0.120. The molecule has 0 aliphatic heterocycles. The molecule has 4 N–H and O–H groups in total. The first-order valence-electron chi connectivity index (χ1n) is 8.01. The summed E-state index contributed by atoms with van der Waals surface area (Å²) in [5.74, 6) is 1.86. The lowest BCUT2D eigenvalue weighted by Gasteiger charge is -2.44. The maximum atomic E-state index is 9.29. The molecule has 4 unspecified atom stereocenters. The molecule has 0 saturated heterocycles. The molecule has 3 nitrogen and oxygen atoms in total. The molecule has 0 radical (unpaired) electrons. The number of hydrogen-bond acceptors (Lipinski definition) is 3. The first-order valence-corrected chi connectivity index (χ1v) is 8.01. The molecule has 0 heterocycles. The van der Waals surface area contributed by atoms with Crippen LogP contribution < -0.4 is 11.1 Å². The third-order valence-corrected chi connectivity index (χ3v) is 4.82. The van der Waals surface area contributed by atoms with Crippen LogP contribution in [0.3, 0.4) is 0 Å². The van der Waals surface area contributed by atoms with Gasteiger partial charge in [0, 0.05) is 24.7 Å². The summed E-state index contributed by atoms with van der Waals surface area (Å²) in [5, 5.41) is 13.0. The number of rotatable bonds is 7. The van der Waals surface area contributed by atoms with Crippen molar-refractivity contribution in [2.45, 2.75) is 71.4 Å². The lowest BCUT2D eigenvalue weighted by Crippen LogP contribution is -2.58. The summed E-state index contributed by atoms with van der Waals surface area (Å²) in [5.41, 5.74) is 6.19. The minimum absolute atomic E-state index is 0.0979. The van der Waals surface area contributed by atoms with Crippen molar-refractivity contribution in [1.82, 2.24) is 5.32 Å². The van der Waals surface area contributed by atoms with E-state index in [0.717, 1.165) is 11.8 Å². The van der Waals surface area contributed by atoms with Gasteiger partial charge in [-0.1, -0.05) is 33.6 Å². The van der Waals surface area contributed by atoms with Crippen LogP contribution in [0.25, 0.3) is 0 Å². The SMILES string of the molecule is CC(C)CC1CCCC(CN)(NC(C)C(C)CO)C1. The zero-order valence-electron chi connectivity index (χ0n) is 13.3. The normalized spacial score (nSPS) is 31.4. The van der Waals surface area contributed by atoms with Gasteiger partial charge in [0.25, 0.3) is 0 Å². The van der Waals surface area contributed by atoms with Crippen molar-refractivity contribution in [3.05, 3.63) is 0 Å². The maximum Gasteiger partial charge on any atom is 0.0471 e. The summed E-state index contributed by atoms with van der Waals surface area (Å²) in [6, 6.07) is 0.325. The molecule has 0 aromatic rings. The Morgan fingerprint density at radius 3 is 2.53 bits per heavy atom. The van der Waals surface area contributed by atoms with Gasteiger partial charge in [-0.25, -0.2) is 0 Å². The topological polar surface area (TPSA) is 58.3 Å². The van der Waals surface area contributed by atoms with Gasteiger partial charge in [-0.05, 0) is 43.9 Å². The molecule has 0 aromatic carbocycles. The fourth-order valence-electron chi connectivity index (χ4n) is 3.51. The monoisotopic (exact) mass is 270 g/mol. The molecule has 3 heteroatoms. The number of hydrogen-bond donors (Lipinski definition) is 3. The van der Waals surface area contributed by atoms with Crippen molar-refractivity contribution in [2.75, 3.05) is 13.2 Å². The van der Waals surface area contributed by atoms with Gasteiger partial charge in [-0.3, -0.25) is 0 Å². The fraction of sp³-hybridized carbons (Fsp3) is 1.00. The maximum absolute atomic E-state index is 9.29. The molecular weight excluding hydrogens is 236 g/mol. The van der Waals surface area contributed by atoms with Crippen LogP contribution in [0.4, 0.5) is 0 Å². The van der Waals surface area contributed by atoms with Crippen molar-refractivity contribution in [3.63, 3.8) is 0 Å². The lowest BCUT2D eigenvalue weighted by atomic mass is 9.72. The molecule has 1 aliphatic rings. The molecule has 1 saturated carbocycles. The molecule has 0 amide bonds. The van der Waals surface area contributed by atoms with Crippen LogP contribution in [0.2, 0.25) is 0 Å². The summed E-state index contributed by atoms with van der Waals surface area (Å²) in [7, 11) is 0. The Kier molecular flexibility index (Phi) is 6.78. The van der Waals surface area contributed by atoms with E-state index in [-0.39, 0.29) is 18.1 Å². The zero-order valence-corrected chi connectivity index (χ0v) is 13.3. The van der Waals surface area contributed by atoms with E-state index < -0.39 is 0 Å². The van der Waals surface area contributed by atoms with Gasteiger partial charge in [0.1, 0.15) is 0 Å². The van der Waals surface area contributed by atoms with Crippen LogP contribution in [0.15, 0.2) is 0 Å². The van der Waals surface area contributed by atoms with Crippen LogP contribution in [-0.2, 0) is 0 Å². The summed E-state index contributed by atoms with van der Waals surface area (Å²) in [6.45, 7) is 9.83. The predicted molar refractivity (Wildman–Crippen MR) is 82.0 cm³/mol. The van der Waals surface area contributed by atoms with Gasteiger partial charge in [0.2, 0.25) is 0 Å².